The van der Waals surface area contributed by atoms with Gasteiger partial charge >= 0.3 is 0 Å². The highest BCUT2D eigenvalue weighted by Crippen LogP contribution is 2.34. The molecular formula is C12H14O. The molecule has 1 aliphatic rings. The number of ketones is 1. The first-order valence-corrected chi connectivity index (χ1v) is 4.93. The highest BCUT2D eigenvalue weighted by molar-refractivity contribution is 5.91. The van der Waals surface area contributed by atoms with Gasteiger partial charge in [-0.15, -0.1) is 0 Å². The van der Waals surface area contributed by atoms with E-state index in [0.29, 0.717) is 5.78 Å². The lowest BCUT2D eigenvalue weighted by Crippen LogP contribution is -2.24. The van der Waals surface area contributed by atoms with Crippen molar-refractivity contribution >= 4 is 5.78 Å². The van der Waals surface area contributed by atoms with E-state index in [9.17, 15) is 4.79 Å². The van der Waals surface area contributed by atoms with Gasteiger partial charge in [0, 0.05) is 12.3 Å². The smallest absolute Gasteiger partial charge is 0.140 e. The number of benzene rings is 1. The highest BCUT2D eigenvalue weighted by Gasteiger charge is 2.30. The van der Waals surface area contributed by atoms with Gasteiger partial charge in [-0.05, 0) is 24.0 Å². The zero-order chi connectivity index (χ0) is 9.26. The fraction of sp³-hybridized carbons (Fsp3) is 0.417. The SMILES string of the molecule is CCc1ccccc1C1CCC1=O. The Morgan fingerprint density at radius 1 is 1.38 bits per heavy atom. The Morgan fingerprint density at radius 3 is 2.69 bits per heavy atom. The second-order valence-electron chi connectivity index (χ2n) is 3.61. The molecule has 13 heavy (non-hydrogen) atoms. The largest absolute Gasteiger partial charge is 0.299 e. The normalized spacial score (nSPS) is 21.3. The summed E-state index contributed by atoms with van der Waals surface area (Å²) in [5, 5.41) is 0. The maximum atomic E-state index is 11.3. The van der Waals surface area contributed by atoms with Crippen LogP contribution in [0.5, 0.6) is 0 Å². The quantitative estimate of drug-likeness (QED) is 0.673. The van der Waals surface area contributed by atoms with E-state index in [1.807, 2.05) is 12.1 Å². The van der Waals surface area contributed by atoms with Crippen LogP contribution in [0.3, 0.4) is 0 Å². The summed E-state index contributed by atoms with van der Waals surface area (Å²) in [5.74, 6) is 0.636. The molecule has 1 fully saturated rings. The molecule has 1 heteroatoms. The van der Waals surface area contributed by atoms with Crippen LogP contribution in [0.2, 0.25) is 0 Å². The molecule has 1 unspecified atom stereocenters. The average Bonchev–Trinajstić information content (AvgIpc) is 2.16. The molecule has 0 amide bonds. The Kier molecular flexibility index (Phi) is 2.17. The van der Waals surface area contributed by atoms with E-state index < -0.39 is 0 Å². The lowest BCUT2D eigenvalue weighted by atomic mass is 9.76. The standard InChI is InChI=1S/C12H14O/c1-2-9-5-3-4-6-10(9)11-7-8-12(11)13/h3-6,11H,2,7-8H2,1H3. The van der Waals surface area contributed by atoms with Crippen molar-refractivity contribution in [1.29, 1.82) is 0 Å². The molecule has 0 heterocycles. The van der Waals surface area contributed by atoms with Crippen LogP contribution in [0.25, 0.3) is 0 Å². The molecule has 1 aliphatic carbocycles. The second-order valence-corrected chi connectivity index (χ2v) is 3.61. The van der Waals surface area contributed by atoms with Gasteiger partial charge in [-0.3, -0.25) is 4.79 Å². The maximum Gasteiger partial charge on any atom is 0.140 e. The van der Waals surface area contributed by atoms with Gasteiger partial charge in [0.1, 0.15) is 5.78 Å². The summed E-state index contributed by atoms with van der Waals surface area (Å²) in [7, 11) is 0. The highest BCUT2D eigenvalue weighted by atomic mass is 16.1. The molecule has 2 rings (SSSR count). The first kappa shape index (κ1) is 8.49. The number of aryl methyl sites for hydroxylation is 1. The minimum atomic E-state index is 0.219. The molecule has 0 aromatic heterocycles. The Bertz CT molecular complexity index is 328. The molecular weight excluding hydrogens is 160 g/mol. The zero-order valence-corrected chi connectivity index (χ0v) is 7.92. The second kappa shape index (κ2) is 3.33. The van der Waals surface area contributed by atoms with Crippen LogP contribution in [-0.4, -0.2) is 5.78 Å². The molecule has 68 valence electrons. The van der Waals surface area contributed by atoms with E-state index in [1.54, 1.807) is 0 Å². The van der Waals surface area contributed by atoms with E-state index in [0.717, 1.165) is 19.3 Å². The molecule has 1 atom stereocenters. The summed E-state index contributed by atoms with van der Waals surface area (Å²) in [5.41, 5.74) is 2.60. The predicted molar refractivity (Wildman–Crippen MR) is 52.8 cm³/mol. The van der Waals surface area contributed by atoms with Crippen LogP contribution in [-0.2, 0) is 11.2 Å². The monoisotopic (exact) mass is 174 g/mol. The van der Waals surface area contributed by atoms with Crippen LogP contribution in [0.15, 0.2) is 24.3 Å². The van der Waals surface area contributed by atoms with Crippen molar-refractivity contribution < 1.29 is 4.79 Å². The van der Waals surface area contributed by atoms with E-state index in [4.69, 9.17) is 0 Å². The summed E-state index contributed by atoms with van der Waals surface area (Å²) in [6.45, 7) is 2.14. The number of rotatable bonds is 2. The van der Waals surface area contributed by atoms with Gasteiger partial charge in [0.15, 0.2) is 0 Å². The molecule has 0 N–H and O–H groups in total. The van der Waals surface area contributed by atoms with Crippen molar-refractivity contribution in [2.24, 2.45) is 0 Å². The van der Waals surface area contributed by atoms with Crippen LogP contribution in [0, 0.1) is 0 Å². The topological polar surface area (TPSA) is 17.1 Å². The summed E-state index contributed by atoms with van der Waals surface area (Å²) < 4.78 is 0. The molecule has 0 saturated heterocycles. The van der Waals surface area contributed by atoms with Gasteiger partial charge in [0.2, 0.25) is 0 Å². The van der Waals surface area contributed by atoms with Crippen LogP contribution < -0.4 is 0 Å². The summed E-state index contributed by atoms with van der Waals surface area (Å²) in [6, 6.07) is 8.30. The molecule has 0 spiro atoms. The van der Waals surface area contributed by atoms with Gasteiger partial charge in [0.25, 0.3) is 0 Å². The van der Waals surface area contributed by atoms with Crippen molar-refractivity contribution in [3.63, 3.8) is 0 Å². The molecule has 0 bridgehead atoms. The Balaban J connectivity index is 2.33. The third-order valence-electron chi connectivity index (χ3n) is 2.88. The Labute approximate surface area is 78.8 Å². The van der Waals surface area contributed by atoms with E-state index >= 15 is 0 Å². The lowest BCUT2D eigenvalue weighted by molar-refractivity contribution is -0.125. The molecule has 0 aliphatic heterocycles. The van der Waals surface area contributed by atoms with Crippen LogP contribution >= 0.6 is 0 Å². The van der Waals surface area contributed by atoms with Gasteiger partial charge < -0.3 is 0 Å². The third kappa shape index (κ3) is 1.39. The van der Waals surface area contributed by atoms with Gasteiger partial charge in [-0.25, -0.2) is 0 Å². The molecule has 1 saturated carbocycles. The van der Waals surface area contributed by atoms with E-state index in [2.05, 4.69) is 19.1 Å². The molecule has 0 radical (unpaired) electrons. The summed E-state index contributed by atoms with van der Waals surface area (Å²) >= 11 is 0. The Hall–Kier alpha value is -1.11. The van der Waals surface area contributed by atoms with Crippen molar-refractivity contribution in [1.82, 2.24) is 0 Å². The summed E-state index contributed by atoms with van der Waals surface area (Å²) in [4.78, 5) is 11.3. The zero-order valence-electron chi connectivity index (χ0n) is 7.92. The average molecular weight is 174 g/mol. The number of Topliss-reactive ketones (excluding diaryl/α,β-unsaturated/α-hetero) is 1. The van der Waals surface area contributed by atoms with Gasteiger partial charge in [-0.2, -0.15) is 0 Å². The summed E-state index contributed by atoms with van der Waals surface area (Å²) in [6.07, 6.45) is 2.86. The molecule has 1 nitrogen and oxygen atoms in total. The fourth-order valence-electron chi connectivity index (χ4n) is 1.93. The minimum absolute atomic E-state index is 0.219. The third-order valence-corrected chi connectivity index (χ3v) is 2.88. The predicted octanol–water partition coefficient (Wildman–Crippen LogP) is 2.70. The lowest BCUT2D eigenvalue weighted by Gasteiger charge is -2.26. The van der Waals surface area contributed by atoms with E-state index in [-0.39, 0.29) is 5.92 Å². The fourth-order valence-corrected chi connectivity index (χ4v) is 1.93. The van der Waals surface area contributed by atoms with Crippen molar-refractivity contribution in [3.05, 3.63) is 35.4 Å². The molecule has 1 aromatic rings. The number of carbonyl (C=O) groups excluding carboxylic acids is 1. The van der Waals surface area contributed by atoms with Crippen LogP contribution in [0.4, 0.5) is 0 Å². The first-order valence-electron chi connectivity index (χ1n) is 4.93. The van der Waals surface area contributed by atoms with Gasteiger partial charge in [-0.1, -0.05) is 31.2 Å². The molecule has 1 aromatic carbocycles. The van der Waals surface area contributed by atoms with Gasteiger partial charge in [0.05, 0.1) is 0 Å². The van der Waals surface area contributed by atoms with Crippen molar-refractivity contribution in [2.45, 2.75) is 32.1 Å². The first-order chi connectivity index (χ1) is 6.33. The number of carbonyl (C=O) groups is 1. The Morgan fingerprint density at radius 2 is 2.15 bits per heavy atom. The van der Waals surface area contributed by atoms with Crippen molar-refractivity contribution in [3.8, 4) is 0 Å². The number of hydrogen-bond donors (Lipinski definition) is 0. The van der Waals surface area contributed by atoms with Crippen LogP contribution in [0.1, 0.15) is 36.8 Å². The van der Waals surface area contributed by atoms with E-state index in [1.165, 1.54) is 11.1 Å². The maximum absolute atomic E-state index is 11.3. The number of hydrogen-bond acceptors (Lipinski definition) is 1. The minimum Gasteiger partial charge on any atom is -0.299 e. The van der Waals surface area contributed by atoms with Crippen molar-refractivity contribution in [2.75, 3.05) is 0 Å².